The number of hydrogen-bond donors (Lipinski definition) is 1. The van der Waals surface area contributed by atoms with Gasteiger partial charge in [0, 0.05) is 6.61 Å². The summed E-state index contributed by atoms with van der Waals surface area (Å²) in [6, 6.07) is 9.29. The van der Waals surface area contributed by atoms with E-state index in [2.05, 4.69) is 4.72 Å². The normalized spacial score (nSPS) is 24.7. The largest absolute Gasteiger partial charge is 0.374 e. The Bertz CT molecular complexity index is 602. The molecule has 128 valence electrons. The smallest absolute Gasteiger partial charge is 0.209 e. The fraction of sp³-hybridized carbons (Fsp3) is 0.500. The molecule has 0 radical (unpaired) electrons. The first-order chi connectivity index (χ1) is 11.0. The van der Waals surface area contributed by atoms with Crippen molar-refractivity contribution in [3.63, 3.8) is 0 Å². The van der Waals surface area contributed by atoms with Crippen LogP contribution in [0, 0.1) is 0 Å². The van der Waals surface area contributed by atoms with E-state index in [1.807, 2.05) is 37.3 Å². The molecule has 7 heteroatoms. The molecule has 1 N–H and O–H groups in total. The van der Waals surface area contributed by atoms with Crippen LogP contribution >= 0.6 is 0 Å². The third-order valence-electron chi connectivity index (χ3n) is 3.26. The van der Waals surface area contributed by atoms with Crippen molar-refractivity contribution >= 4 is 10.0 Å². The number of nitrogens with one attached hydrogen (secondary N) is 1. The average molecular weight is 341 g/mol. The Kier molecular flexibility index (Phi) is 6.73. The fourth-order valence-corrected chi connectivity index (χ4v) is 2.99. The number of benzene rings is 1. The molecule has 1 aliphatic heterocycles. The van der Waals surface area contributed by atoms with E-state index in [1.165, 1.54) is 0 Å². The summed E-state index contributed by atoms with van der Waals surface area (Å²) in [6.45, 7) is 3.08. The highest BCUT2D eigenvalue weighted by Crippen LogP contribution is 2.16. The molecule has 0 aliphatic carbocycles. The predicted molar refractivity (Wildman–Crippen MR) is 87.3 cm³/mol. The summed E-state index contributed by atoms with van der Waals surface area (Å²) >= 11 is 0. The van der Waals surface area contributed by atoms with Gasteiger partial charge in [0.2, 0.25) is 10.0 Å². The van der Waals surface area contributed by atoms with Crippen molar-refractivity contribution in [1.82, 2.24) is 4.72 Å². The van der Waals surface area contributed by atoms with Crippen LogP contribution in [0.5, 0.6) is 0 Å². The molecule has 3 atom stereocenters. The zero-order valence-electron chi connectivity index (χ0n) is 13.3. The molecule has 1 heterocycles. The first kappa shape index (κ1) is 18.1. The molecule has 0 bridgehead atoms. The second kappa shape index (κ2) is 8.56. The van der Waals surface area contributed by atoms with Crippen molar-refractivity contribution < 1.29 is 22.6 Å². The van der Waals surface area contributed by atoms with Crippen LogP contribution in [0.4, 0.5) is 0 Å². The third-order valence-corrected chi connectivity index (χ3v) is 3.96. The monoisotopic (exact) mass is 341 g/mol. The molecule has 1 aromatic carbocycles. The number of sulfonamides is 1. The van der Waals surface area contributed by atoms with Gasteiger partial charge in [-0.25, -0.2) is 13.1 Å². The Labute approximate surface area is 137 Å². The minimum atomic E-state index is -3.34. The topological polar surface area (TPSA) is 73.9 Å². The van der Waals surface area contributed by atoms with Gasteiger partial charge in [-0.2, -0.15) is 0 Å². The summed E-state index contributed by atoms with van der Waals surface area (Å²) < 4.78 is 42.4. The van der Waals surface area contributed by atoms with Crippen LogP contribution in [-0.2, 0) is 30.8 Å². The van der Waals surface area contributed by atoms with Crippen LogP contribution < -0.4 is 4.72 Å². The summed E-state index contributed by atoms with van der Waals surface area (Å²) in [5.74, 6) is 0. The Hall–Kier alpha value is -1.25. The average Bonchev–Trinajstić information content (AvgIpc) is 2.50. The van der Waals surface area contributed by atoms with E-state index < -0.39 is 28.5 Å². The van der Waals surface area contributed by atoms with E-state index in [0.717, 1.165) is 11.8 Å². The van der Waals surface area contributed by atoms with Crippen LogP contribution in [0.2, 0.25) is 0 Å². The third kappa shape index (κ3) is 6.40. The molecule has 0 saturated heterocycles. The molecule has 0 saturated carbocycles. The maximum Gasteiger partial charge on any atom is 0.209 e. The predicted octanol–water partition coefficient (Wildman–Crippen LogP) is 1.44. The van der Waals surface area contributed by atoms with Gasteiger partial charge < -0.3 is 14.2 Å². The molecule has 0 amide bonds. The van der Waals surface area contributed by atoms with E-state index in [4.69, 9.17) is 14.2 Å². The van der Waals surface area contributed by atoms with Crippen LogP contribution in [-0.4, -0.2) is 46.3 Å². The fourth-order valence-electron chi connectivity index (χ4n) is 2.27. The Morgan fingerprint density at radius 3 is 2.61 bits per heavy atom. The van der Waals surface area contributed by atoms with E-state index in [-0.39, 0.29) is 6.61 Å². The van der Waals surface area contributed by atoms with E-state index >= 15 is 0 Å². The zero-order valence-corrected chi connectivity index (χ0v) is 14.2. The molecule has 1 aliphatic rings. The maximum absolute atomic E-state index is 11.5. The van der Waals surface area contributed by atoms with Crippen molar-refractivity contribution in [2.24, 2.45) is 0 Å². The van der Waals surface area contributed by atoms with Gasteiger partial charge in [0.25, 0.3) is 0 Å². The van der Waals surface area contributed by atoms with Gasteiger partial charge in [0.05, 0.1) is 25.5 Å². The van der Waals surface area contributed by atoms with Crippen molar-refractivity contribution in [2.75, 3.05) is 19.5 Å². The van der Waals surface area contributed by atoms with Gasteiger partial charge >= 0.3 is 0 Å². The van der Waals surface area contributed by atoms with Gasteiger partial charge in [0.15, 0.2) is 6.29 Å². The minimum absolute atomic E-state index is 0.260. The van der Waals surface area contributed by atoms with E-state index in [1.54, 1.807) is 12.2 Å². The lowest BCUT2D eigenvalue weighted by atomic mass is 10.1. The van der Waals surface area contributed by atoms with Gasteiger partial charge in [-0.1, -0.05) is 36.4 Å². The van der Waals surface area contributed by atoms with Gasteiger partial charge in [0.1, 0.15) is 6.10 Å². The SMILES string of the molecule is CCO[C@@H]1C=C[C@@H](NS(C)(=O)=O)[C@@H](COCc2ccccc2)O1. The lowest BCUT2D eigenvalue weighted by Crippen LogP contribution is -2.48. The van der Waals surface area contributed by atoms with Crippen molar-refractivity contribution in [1.29, 1.82) is 0 Å². The quantitative estimate of drug-likeness (QED) is 0.724. The van der Waals surface area contributed by atoms with E-state index in [9.17, 15) is 8.42 Å². The van der Waals surface area contributed by atoms with Crippen molar-refractivity contribution in [2.45, 2.75) is 32.0 Å². The van der Waals surface area contributed by atoms with Crippen LogP contribution in [0.25, 0.3) is 0 Å². The van der Waals surface area contributed by atoms with Crippen LogP contribution in [0.15, 0.2) is 42.5 Å². The Morgan fingerprint density at radius 1 is 1.22 bits per heavy atom. The van der Waals surface area contributed by atoms with Crippen molar-refractivity contribution in [3.8, 4) is 0 Å². The molecule has 0 unspecified atom stereocenters. The molecule has 0 spiro atoms. The van der Waals surface area contributed by atoms with Crippen molar-refractivity contribution in [3.05, 3.63) is 48.0 Å². The van der Waals surface area contributed by atoms with E-state index in [0.29, 0.717) is 13.2 Å². The molecule has 6 nitrogen and oxygen atoms in total. The molecule has 0 fully saturated rings. The lowest BCUT2D eigenvalue weighted by Gasteiger charge is -2.32. The van der Waals surface area contributed by atoms with Gasteiger partial charge in [-0.05, 0) is 18.6 Å². The second-order valence-electron chi connectivity index (χ2n) is 5.30. The highest BCUT2D eigenvalue weighted by Gasteiger charge is 2.29. The number of rotatable bonds is 8. The molecule has 0 aromatic heterocycles. The number of hydrogen-bond acceptors (Lipinski definition) is 5. The highest BCUT2D eigenvalue weighted by molar-refractivity contribution is 7.88. The Balaban J connectivity index is 1.94. The summed E-state index contributed by atoms with van der Waals surface area (Å²) in [4.78, 5) is 0. The zero-order chi connectivity index (χ0) is 16.7. The minimum Gasteiger partial charge on any atom is -0.374 e. The molecular weight excluding hydrogens is 318 g/mol. The maximum atomic E-state index is 11.5. The molecule has 2 rings (SSSR count). The first-order valence-electron chi connectivity index (χ1n) is 7.52. The summed E-state index contributed by atoms with van der Waals surface area (Å²) in [7, 11) is -3.34. The first-order valence-corrected chi connectivity index (χ1v) is 9.41. The molecular formula is C16H23NO5S. The standard InChI is InChI=1S/C16H23NO5S/c1-3-21-16-10-9-14(17-23(2,18)19)15(22-16)12-20-11-13-7-5-4-6-8-13/h4-10,14-17H,3,11-12H2,1-2H3/t14-,15-,16+/m1/s1. The van der Waals surface area contributed by atoms with Crippen LogP contribution in [0.3, 0.4) is 0 Å². The summed E-state index contributed by atoms with van der Waals surface area (Å²) in [6.07, 6.45) is 3.65. The van der Waals surface area contributed by atoms with Gasteiger partial charge in [-0.3, -0.25) is 0 Å². The summed E-state index contributed by atoms with van der Waals surface area (Å²) in [5.41, 5.74) is 1.05. The highest BCUT2D eigenvalue weighted by atomic mass is 32.2. The second-order valence-corrected chi connectivity index (χ2v) is 7.08. The summed E-state index contributed by atoms with van der Waals surface area (Å²) in [5, 5.41) is 0. The Morgan fingerprint density at radius 2 is 1.96 bits per heavy atom. The van der Waals surface area contributed by atoms with Gasteiger partial charge in [-0.15, -0.1) is 0 Å². The van der Waals surface area contributed by atoms with Crippen LogP contribution in [0.1, 0.15) is 12.5 Å². The lowest BCUT2D eigenvalue weighted by molar-refractivity contribution is -0.165. The number of ether oxygens (including phenoxy) is 3. The molecule has 1 aromatic rings. The molecule has 23 heavy (non-hydrogen) atoms.